The molecular weight excluding hydrogens is 317 g/mol. The van der Waals surface area contributed by atoms with Gasteiger partial charge in [-0.1, -0.05) is 0 Å². The standard InChI is InChI=1S/C13H11BrFNO3/c1-2-18-11-7-8(15)3-4-10(11)16-13(17)9-5-6-19-12(9)14/h3-7H,2H2,1H3,(H,16,17). The topological polar surface area (TPSA) is 51.5 Å². The van der Waals surface area contributed by atoms with Crippen molar-refractivity contribution in [3.8, 4) is 5.75 Å². The molecule has 0 spiro atoms. The van der Waals surface area contributed by atoms with Gasteiger partial charge in [0.25, 0.3) is 5.91 Å². The zero-order valence-electron chi connectivity index (χ0n) is 10.1. The summed E-state index contributed by atoms with van der Waals surface area (Å²) in [6, 6.07) is 5.46. The fraction of sp³-hybridized carbons (Fsp3) is 0.154. The summed E-state index contributed by atoms with van der Waals surface area (Å²) < 4.78 is 23.7. The van der Waals surface area contributed by atoms with Crippen molar-refractivity contribution in [3.05, 3.63) is 46.6 Å². The molecule has 6 heteroatoms. The lowest BCUT2D eigenvalue weighted by atomic mass is 10.2. The first kappa shape index (κ1) is 13.6. The molecule has 0 bridgehead atoms. The van der Waals surface area contributed by atoms with Gasteiger partial charge in [-0.3, -0.25) is 4.79 Å². The number of amides is 1. The Kier molecular flexibility index (Phi) is 4.21. The molecule has 4 nitrogen and oxygen atoms in total. The zero-order chi connectivity index (χ0) is 13.8. The van der Waals surface area contributed by atoms with Gasteiger partial charge in [0.2, 0.25) is 0 Å². The first-order valence-corrected chi connectivity index (χ1v) is 6.37. The third-order valence-electron chi connectivity index (χ3n) is 2.35. The van der Waals surface area contributed by atoms with Crippen LogP contribution in [0.25, 0.3) is 0 Å². The first-order valence-electron chi connectivity index (χ1n) is 5.58. The molecule has 0 atom stereocenters. The molecule has 2 aromatic rings. The smallest absolute Gasteiger partial charge is 0.260 e. The lowest BCUT2D eigenvalue weighted by molar-refractivity contribution is 0.102. The van der Waals surface area contributed by atoms with Crippen LogP contribution in [-0.4, -0.2) is 12.5 Å². The van der Waals surface area contributed by atoms with Crippen LogP contribution in [0.15, 0.2) is 39.6 Å². The van der Waals surface area contributed by atoms with E-state index in [4.69, 9.17) is 9.15 Å². The lowest BCUT2D eigenvalue weighted by Gasteiger charge is -2.11. The molecule has 0 saturated heterocycles. The lowest BCUT2D eigenvalue weighted by Crippen LogP contribution is -2.12. The van der Waals surface area contributed by atoms with E-state index in [-0.39, 0.29) is 11.7 Å². The van der Waals surface area contributed by atoms with Gasteiger partial charge in [0.05, 0.1) is 24.1 Å². The molecule has 19 heavy (non-hydrogen) atoms. The highest BCUT2D eigenvalue weighted by molar-refractivity contribution is 9.10. The van der Waals surface area contributed by atoms with Gasteiger partial charge in [-0.05, 0) is 41.1 Å². The first-order chi connectivity index (χ1) is 9.11. The highest BCUT2D eigenvalue weighted by Crippen LogP contribution is 2.27. The Hall–Kier alpha value is -1.82. The van der Waals surface area contributed by atoms with Gasteiger partial charge >= 0.3 is 0 Å². The van der Waals surface area contributed by atoms with Crippen LogP contribution in [0.2, 0.25) is 0 Å². The van der Waals surface area contributed by atoms with Crippen LogP contribution in [0.5, 0.6) is 5.75 Å². The number of furan rings is 1. The van der Waals surface area contributed by atoms with Crippen LogP contribution >= 0.6 is 15.9 Å². The monoisotopic (exact) mass is 327 g/mol. The SMILES string of the molecule is CCOc1cc(F)ccc1NC(=O)c1ccoc1Br. The molecule has 0 radical (unpaired) electrons. The molecule has 0 fully saturated rings. The second-order valence-electron chi connectivity index (χ2n) is 3.64. The van der Waals surface area contributed by atoms with Gasteiger partial charge < -0.3 is 14.5 Å². The number of ether oxygens (including phenoxy) is 1. The molecule has 1 heterocycles. The molecule has 1 N–H and O–H groups in total. The number of carbonyl (C=O) groups excluding carboxylic acids is 1. The summed E-state index contributed by atoms with van der Waals surface area (Å²) in [5, 5.41) is 2.65. The second kappa shape index (κ2) is 5.88. The molecule has 0 saturated carbocycles. The fourth-order valence-electron chi connectivity index (χ4n) is 1.52. The van der Waals surface area contributed by atoms with Crippen molar-refractivity contribution in [2.24, 2.45) is 0 Å². The molecule has 2 rings (SSSR count). The number of rotatable bonds is 4. The van der Waals surface area contributed by atoms with Gasteiger partial charge in [-0.15, -0.1) is 0 Å². The predicted molar refractivity (Wildman–Crippen MR) is 71.9 cm³/mol. The van der Waals surface area contributed by atoms with Gasteiger partial charge in [0.1, 0.15) is 11.6 Å². The molecule has 0 unspecified atom stereocenters. The summed E-state index contributed by atoms with van der Waals surface area (Å²) in [6.45, 7) is 2.16. The van der Waals surface area contributed by atoms with E-state index in [1.54, 1.807) is 6.92 Å². The number of carbonyl (C=O) groups is 1. The number of anilines is 1. The van der Waals surface area contributed by atoms with E-state index in [0.717, 1.165) is 0 Å². The number of halogens is 2. The summed E-state index contributed by atoms with van der Waals surface area (Å²) in [5.74, 6) is -0.505. The maximum Gasteiger partial charge on any atom is 0.260 e. The predicted octanol–water partition coefficient (Wildman–Crippen LogP) is 3.83. The van der Waals surface area contributed by atoms with Gasteiger partial charge in [-0.2, -0.15) is 0 Å². The minimum absolute atomic E-state index is 0.287. The van der Waals surface area contributed by atoms with Crippen molar-refractivity contribution in [1.82, 2.24) is 0 Å². The van der Waals surface area contributed by atoms with E-state index >= 15 is 0 Å². The van der Waals surface area contributed by atoms with Crippen LogP contribution in [0, 0.1) is 5.82 Å². The average molecular weight is 328 g/mol. The Labute approximate surface area is 117 Å². The minimum atomic E-state index is -0.425. The Morgan fingerprint density at radius 2 is 2.26 bits per heavy atom. The normalized spacial score (nSPS) is 10.3. The average Bonchev–Trinajstić information content (AvgIpc) is 2.79. The molecule has 1 aromatic heterocycles. The van der Waals surface area contributed by atoms with E-state index in [2.05, 4.69) is 21.2 Å². The van der Waals surface area contributed by atoms with Crippen LogP contribution in [0.3, 0.4) is 0 Å². The summed E-state index contributed by atoms with van der Waals surface area (Å²) in [6.07, 6.45) is 1.40. The quantitative estimate of drug-likeness (QED) is 0.928. The maximum absolute atomic E-state index is 13.1. The third-order valence-corrected chi connectivity index (χ3v) is 2.97. The van der Waals surface area contributed by atoms with Crippen LogP contribution in [0.1, 0.15) is 17.3 Å². The highest BCUT2D eigenvalue weighted by Gasteiger charge is 2.15. The Morgan fingerprint density at radius 1 is 1.47 bits per heavy atom. The van der Waals surface area contributed by atoms with Crippen molar-refractivity contribution in [2.75, 3.05) is 11.9 Å². The zero-order valence-corrected chi connectivity index (χ0v) is 11.7. The molecule has 1 amide bonds. The van der Waals surface area contributed by atoms with E-state index in [1.807, 2.05) is 0 Å². The van der Waals surface area contributed by atoms with E-state index in [0.29, 0.717) is 22.5 Å². The number of hydrogen-bond acceptors (Lipinski definition) is 3. The van der Waals surface area contributed by atoms with E-state index in [9.17, 15) is 9.18 Å². The summed E-state index contributed by atoms with van der Waals surface area (Å²) >= 11 is 3.12. The Balaban J connectivity index is 2.23. The largest absolute Gasteiger partial charge is 0.492 e. The van der Waals surface area contributed by atoms with Crippen LogP contribution in [0.4, 0.5) is 10.1 Å². The van der Waals surface area contributed by atoms with Crippen molar-refractivity contribution in [3.63, 3.8) is 0 Å². The van der Waals surface area contributed by atoms with Gasteiger partial charge in [0.15, 0.2) is 4.67 Å². The van der Waals surface area contributed by atoms with Crippen molar-refractivity contribution < 1.29 is 18.3 Å². The van der Waals surface area contributed by atoms with Gasteiger partial charge in [-0.25, -0.2) is 4.39 Å². The molecular formula is C13H11BrFNO3. The summed E-state index contributed by atoms with van der Waals surface area (Å²) in [4.78, 5) is 12.0. The second-order valence-corrected chi connectivity index (χ2v) is 4.36. The maximum atomic E-state index is 13.1. The Morgan fingerprint density at radius 3 is 2.89 bits per heavy atom. The van der Waals surface area contributed by atoms with Crippen LogP contribution in [-0.2, 0) is 0 Å². The van der Waals surface area contributed by atoms with Crippen molar-refractivity contribution >= 4 is 27.5 Å². The summed E-state index contributed by atoms with van der Waals surface area (Å²) in [5.41, 5.74) is 0.758. The molecule has 0 aliphatic rings. The number of benzene rings is 1. The molecule has 0 aliphatic carbocycles. The fourth-order valence-corrected chi connectivity index (χ4v) is 1.94. The minimum Gasteiger partial charge on any atom is -0.492 e. The van der Waals surface area contributed by atoms with Crippen molar-refractivity contribution in [1.29, 1.82) is 0 Å². The summed E-state index contributed by atoms with van der Waals surface area (Å²) in [7, 11) is 0. The molecule has 1 aromatic carbocycles. The number of nitrogens with one attached hydrogen (secondary N) is 1. The van der Waals surface area contributed by atoms with Gasteiger partial charge in [0, 0.05) is 6.07 Å². The highest BCUT2D eigenvalue weighted by atomic mass is 79.9. The van der Waals surface area contributed by atoms with E-state index < -0.39 is 5.82 Å². The Bertz CT molecular complexity index is 597. The molecule has 100 valence electrons. The number of hydrogen-bond donors (Lipinski definition) is 1. The molecule has 0 aliphatic heterocycles. The third kappa shape index (κ3) is 3.14. The van der Waals surface area contributed by atoms with E-state index in [1.165, 1.54) is 30.5 Å². The van der Waals surface area contributed by atoms with Crippen molar-refractivity contribution in [2.45, 2.75) is 6.92 Å². The van der Waals surface area contributed by atoms with Crippen LogP contribution < -0.4 is 10.1 Å².